The smallest absolute Gasteiger partial charge is 0.299 e. The molecule has 0 spiro atoms. The molecule has 5 aromatic rings. The van der Waals surface area contributed by atoms with Crippen LogP contribution in [0.1, 0.15) is 30.2 Å². The molecule has 0 fully saturated rings. The molecule has 0 aliphatic carbocycles. The van der Waals surface area contributed by atoms with Crippen molar-refractivity contribution in [2.45, 2.75) is 39.3 Å². The van der Waals surface area contributed by atoms with Crippen LogP contribution in [0.15, 0.2) is 84.0 Å². The number of aromatic amines is 1. The van der Waals surface area contributed by atoms with Gasteiger partial charge in [-0.3, -0.25) is 14.1 Å². The fourth-order valence-electron chi connectivity index (χ4n) is 4.34. The summed E-state index contributed by atoms with van der Waals surface area (Å²) < 4.78 is 3.75. The van der Waals surface area contributed by atoms with E-state index in [1.54, 1.807) is 12.4 Å². The van der Waals surface area contributed by atoms with Crippen molar-refractivity contribution >= 4 is 0 Å². The monoisotopic (exact) mass is 465 g/mol. The quantitative estimate of drug-likeness (QED) is 0.353. The van der Waals surface area contributed by atoms with Gasteiger partial charge in [0.2, 0.25) is 0 Å². The average Bonchev–Trinajstić information content (AvgIpc) is 3.54. The molecule has 3 heterocycles. The summed E-state index contributed by atoms with van der Waals surface area (Å²) in [5.41, 5.74) is 6.28. The lowest BCUT2D eigenvalue weighted by atomic mass is 10.00. The molecule has 3 aromatic heterocycles. The van der Waals surface area contributed by atoms with Gasteiger partial charge in [-0.05, 0) is 51.6 Å². The van der Waals surface area contributed by atoms with Crippen LogP contribution in [-0.4, -0.2) is 34.7 Å². The van der Waals surface area contributed by atoms with Crippen LogP contribution in [0.3, 0.4) is 0 Å². The molecule has 0 unspecified atom stereocenters. The third-order valence-electron chi connectivity index (χ3n) is 6.15. The first-order valence-corrected chi connectivity index (χ1v) is 11.8. The van der Waals surface area contributed by atoms with Gasteiger partial charge in [0.1, 0.15) is 0 Å². The van der Waals surface area contributed by atoms with Gasteiger partial charge in [-0.2, -0.15) is 0 Å². The summed E-state index contributed by atoms with van der Waals surface area (Å²) in [6, 6.07) is 20.5. The number of pyridine rings is 1. The summed E-state index contributed by atoms with van der Waals surface area (Å²) in [5, 5.41) is 14.2. The van der Waals surface area contributed by atoms with Gasteiger partial charge < -0.3 is 0 Å². The van der Waals surface area contributed by atoms with Crippen molar-refractivity contribution in [3.8, 4) is 22.5 Å². The Balaban J connectivity index is 1.38. The molecule has 0 atom stereocenters. The number of benzene rings is 2. The maximum atomic E-state index is 13.3. The van der Waals surface area contributed by atoms with Crippen LogP contribution in [0, 0.1) is 0 Å². The Labute approximate surface area is 203 Å². The summed E-state index contributed by atoms with van der Waals surface area (Å²) in [5.74, 6) is 0.574. The number of hydrogen-bond acceptors (Lipinski definition) is 5. The van der Waals surface area contributed by atoms with Crippen molar-refractivity contribution in [1.82, 2.24) is 34.7 Å². The van der Waals surface area contributed by atoms with Gasteiger partial charge in [0, 0.05) is 36.4 Å². The molecular weight excluding hydrogens is 438 g/mol. The first-order chi connectivity index (χ1) is 17.2. The number of tetrazole rings is 1. The van der Waals surface area contributed by atoms with Crippen LogP contribution in [0.4, 0.5) is 0 Å². The Morgan fingerprint density at radius 2 is 1.74 bits per heavy atom. The Hall–Kier alpha value is -4.33. The van der Waals surface area contributed by atoms with Crippen LogP contribution in [-0.2, 0) is 25.9 Å². The third kappa shape index (κ3) is 4.96. The molecule has 0 amide bonds. The first-order valence-electron chi connectivity index (χ1n) is 11.8. The summed E-state index contributed by atoms with van der Waals surface area (Å²) in [4.78, 5) is 17.5. The van der Waals surface area contributed by atoms with Crippen molar-refractivity contribution in [3.05, 3.63) is 107 Å². The minimum absolute atomic E-state index is 0.0442. The number of aromatic nitrogens is 7. The van der Waals surface area contributed by atoms with Gasteiger partial charge >= 0.3 is 5.69 Å². The highest BCUT2D eigenvalue weighted by Gasteiger charge is 2.13. The molecule has 8 nitrogen and oxygen atoms in total. The number of nitrogens with one attached hydrogen (secondary N) is 1. The summed E-state index contributed by atoms with van der Waals surface area (Å²) in [6.45, 7) is 3.36. The van der Waals surface area contributed by atoms with Crippen LogP contribution < -0.4 is 5.69 Å². The van der Waals surface area contributed by atoms with E-state index in [9.17, 15) is 4.79 Å². The van der Waals surface area contributed by atoms with Crippen molar-refractivity contribution in [2.24, 2.45) is 0 Å². The number of hydrogen-bond donors (Lipinski definition) is 1. The average molecular weight is 466 g/mol. The minimum atomic E-state index is 0.0442. The molecule has 8 heteroatoms. The lowest BCUT2D eigenvalue weighted by Gasteiger charge is -2.10. The molecule has 176 valence electrons. The van der Waals surface area contributed by atoms with E-state index in [-0.39, 0.29) is 5.69 Å². The molecule has 0 bridgehead atoms. The SMILES string of the molecule is CCCc1cn(CCc2ccccc2)c(=O)n1Cc1ccc(-c2ccncc2-c2nnn[nH]2)cc1. The standard InChI is InChI=1S/C27H27N7O/c1-2-6-23-19-33(16-14-20-7-4-3-5-8-20)27(35)34(23)18-21-9-11-22(12-10-21)24-13-15-28-17-25(24)26-29-31-32-30-26/h3-5,7-13,15,17,19H,2,6,14,16,18H2,1H3,(H,29,30,31,32). The Bertz CT molecular complexity index is 1440. The van der Waals surface area contributed by atoms with Gasteiger partial charge in [-0.15, -0.1) is 5.10 Å². The van der Waals surface area contributed by atoms with Gasteiger partial charge in [0.05, 0.1) is 6.54 Å². The highest BCUT2D eigenvalue weighted by atomic mass is 16.1. The van der Waals surface area contributed by atoms with Gasteiger partial charge in [-0.1, -0.05) is 67.9 Å². The molecule has 0 aliphatic heterocycles. The Morgan fingerprint density at radius 1 is 0.914 bits per heavy atom. The number of nitrogens with zero attached hydrogens (tertiary/aromatic N) is 6. The van der Waals surface area contributed by atoms with E-state index in [1.165, 1.54) is 5.56 Å². The fourth-order valence-corrected chi connectivity index (χ4v) is 4.34. The zero-order chi connectivity index (χ0) is 24.0. The zero-order valence-electron chi connectivity index (χ0n) is 19.6. The van der Waals surface area contributed by atoms with Crippen LogP contribution >= 0.6 is 0 Å². The summed E-state index contributed by atoms with van der Waals surface area (Å²) in [7, 11) is 0. The molecule has 0 aliphatic rings. The van der Waals surface area contributed by atoms with E-state index in [0.29, 0.717) is 18.9 Å². The lowest BCUT2D eigenvalue weighted by molar-refractivity contribution is 0.628. The maximum absolute atomic E-state index is 13.3. The summed E-state index contributed by atoms with van der Waals surface area (Å²) >= 11 is 0. The molecule has 5 rings (SSSR count). The predicted octanol–water partition coefficient (Wildman–Crippen LogP) is 4.14. The molecule has 0 saturated heterocycles. The topological polar surface area (TPSA) is 94.3 Å². The van der Waals surface area contributed by atoms with Crippen molar-refractivity contribution < 1.29 is 0 Å². The molecule has 1 N–H and O–H groups in total. The van der Waals surface area contributed by atoms with Crippen molar-refractivity contribution in [2.75, 3.05) is 0 Å². The van der Waals surface area contributed by atoms with E-state index >= 15 is 0 Å². The van der Waals surface area contributed by atoms with E-state index in [1.807, 2.05) is 39.6 Å². The number of aryl methyl sites for hydroxylation is 3. The van der Waals surface area contributed by atoms with Crippen LogP contribution in [0.5, 0.6) is 0 Å². The zero-order valence-corrected chi connectivity index (χ0v) is 19.6. The van der Waals surface area contributed by atoms with Crippen LogP contribution in [0.25, 0.3) is 22.5 Å². The van der Waals surface area contributed by atoms with Gasteiger partial charge in [0.15, 0.2) is 5.82 Å². The third-order valence-corrected chi connectivity index (χ3v) is 6.15. The highest BCUT2D eigenvalue weighted by molar-refractivity contribution is 5.79. The summed E-state index contributed by atoms with van der Waals surface area (Å²) in [6.07, 6.45) is 8.23. The maximum Gasteiger partial charge on any atom is 0.328 e. The van der Waals surface area contributed by atoms with Gasteiger partial charge in [0.25, 0.3) is 0 Å². The molecule has 35 heavy (non-hydrogen) atoms. The van der Waals surface area contributed by atoms with Crippen LogP contribution in [0.2, 0.25) is 0 Å². The van der Waals surface area contributed by atoms with E-state index in [2.05, 4.69) is 68.9 Å². The van der Waals surface area contributed by atoms with E-state index < -0.39 is 0 Å². The normalized spacial score (nSPS) is 11.1. The first kappa shape index (κ1) is 22.5. The molecule has 0 saturated carbocycles. The van der Waals surface area contributed by atoms with Gasteiger partial charge in [-0.25, -0.2) is 9.89 Å². The fraction of sp³-hybridized carbons (Fsp3) is 0.222. The molecular formula is C27H27N7O. The number of imidazole rings is 1. The lowest BCUT2D eigenvalue weighted by Crippen LogP contribution is -2.26. The molecule has 2 aromatic carbocycles. The second kappa shape index (κ2) is 10.3. The second-order valence-corrected chi connectivity index (χ2v) is 8.54. The Morgan fingerprint density at radius 3 is 2.49 bits per heavy atom. The van der Waals surface area contributed by atoms with E-state index in [0.717, 1.165) is 47.2 Å². The van der Waals surface area contributed by atoms with Crippen molar-refractivity contribution in [1.29, 1.82) is 0 Å². The predicted molar refractivity (Wildman–Crippen MR) is 135 cm³/mol. The Kier molecular flexibility index (Phi) is 6.61. The largest absolute Gasteiger partial charge is 0.328 e. The minimum Gasteiger partial charge on any atom is -0.299 e. The second-order valence-electron chi connectivity index (χ2n) is 8.54. The van der Waals surface area contributed by atoms with E-state index in [4.69, 9.17) is 0 Å². The highest BCUT2D eigenvalue weighted by Crippen LogP contribution is 2.29. The molecule has 0 radical (unpaired) electrons. The number of rotatable bonds is 9. The number of H-pyrrole nitrogens is 1. The van der Waals surface area contributed by atoms with Crippen molar-refractivity contribution in [3.63, 3.8) is 0 Å².